The van der Waals surface area contributed by atoms with Crippen molar-refractivity contribution in [1.82, 2.24) is 4.90 Å². The third-order valence-corrected chi connectivity index (χ3v) is 3.20. The molecule has 1 aliphatic rings. The molecule has 1 aliphatic heterocycles. The number of benzene rings is 1. The Morgan fingerprint density at radius 1 is 1.50 bits per heavy atom. The number of likely N-dealkylation sites (N-methyl/N-ethyl adjacent to an activating group) is 1. The van der Waals surface area contributed by atoms with Gasteiger partial charge < -0.3 is 16.0 Å². The summed E-state index contributed by atoms with van der Waals surface area (Å²) in [5, 5.41) is 3.15. The summed E-state index contributed by atoms with van der Waals surface area (Å²) in [7, 11) is 1.79. The third kappa shape index (κ3) is 2.30. The molecule has 1 fully saturated rings. The van der Waals surface area contributed by atoms with Gasteiger partial charge in [-0.3, -0.25) is 9.59 Å². The van der Waals surface area contributed by atoms with Crippen LogP contribution in [0.15, 0.2) is 18.2 Å². The maximum Gasteiger partial charge on any atom is 0.244 e. The van der Waals surface area contributed by atoms with E-state index in [1.165, 1.54) is 6.92 Å². The van der Waals surface area contributed by atoms with E-state index < -0.39 is 0 Å². The largest absolute Gasteiger partial charge is 0.398 e. The van der Waals surface area contributed by atoms with Crippen molar-refractivity contribution in [2.75, 3.05) is 24.6 Å². The highest BCUT2D eigenvalue weighted by Crippen LogP contribution is 2.21. The number of carbonyl (C=O) groups is 2. The predicted octanol–water partition coefficient (Wildman–Crippen LogP) is 1.11. The van der Waals surface area contributed by atoms with Gasteiger partial charge in [-0.1, -0.05) is 0 Å². The zero-order valence-corrected chi connectivity index (χ0v) is 10.6. The predicted molar refractivity (Wildman–Crippen MR) is 70.5 cm³/mol. The highest BCUT2D eigenvalue weighted by atomic mass is 16.2. The van der Waals surface area contributed by atoms with E-state index in [2.05, 4.69) is 5.32 Å². The Hall–Kier alpha value is -2.04. The van der Waals surface area contributed by atoms with Crippen LogP contribution in [0.1, 0.15) is 23.7 Å². The van der Waals surface area contributed by atoms with Crippen LogP contribution in [0, 0.1) is 0 Å². The second kappa shape index (κ2) is 4.68. The van der Waals surface area contributed by atoms with Gasteiger partial charge in [-0.25, -0.2) is 0 Å². The Balaban J connectivity index is 2.14. The molecule has 5 nitrogen and oxygen atoms in total. The van der Waals surface area contributed by atoms with Crippen molar-refractivity contribution in [2.24, 2.45) is 0 Å². The first kappa shape index (κ1) is 12.4. The molecule has 1 aromatic rings. The van der Waals surface area contributed by atoms with E-state index in [1.54, 1.807) is 30.1 Å². The third-order valence-electron chi connectivity index (χ3n) is 3.20. The van der Waals surface area contributed by atoms with Gasteiger partial charge in [0, 0.05) is 30.5 Å². The van der Waals surface area contributed by atoms with Gasteiger partial charge in [-0.05, 0) is 31.5 Å². The minimum Gasteiger partial charge on any atom is -0.398 e. The van der Waals surface area contributed by atoms with E-state index in [1.807, 2.05) is 0 Å². The average Bonchev–Trinajstić information content (AvgIpc) is 2.61. The fourth-order valence-electron chi connectivity index (χ4n) is 2.13. The van der Waals surface area contributed by atoms with Crippen molar-refractivity contribution in [1.29, 1.82) is 0 Å². The van der Waals surface area contributed by atoms with Crippen molar-refractivity contribution in [3.63, 3.8) is 0 Å². The van der Waals surface area contributed by atoms with E-state index in [4.69, 9.17) is 5.73 Å². The van der Waals surface area contributed by atoms with E-state index in [0.717, 1.165) is 18.7 Å². The van der Waals surface area contributed by atoms with Crippen LogP contribution >= 0.6 is 0 Å². The van der Waals surface area contributed by atoms with Gasteiger partial charge in [0.1, 0.15) is 6.04 Å². The van der Waals surface area contributed by atoms with Gasteiger partial charge in [0.05, 0.1) is 0 Å². The summed E-state index contributed by atoms with van der Waals surface area (Å²) >= 11 is 0. The zero-order chi connectivity index (χ0) is 13.3. The second-order valence-electron chi connectivity index (χ2n) is 4.60. The van der Waals surface area contributed by atoms with Crippen LogP contribution in [0.4, 0.5) is 11.4 Å². The molecule has 18 heavy (non-hydrogen) atoms. The number of likely N-dealkylation sites (tertiary alicyclic amines) is 1. The van der Waals surface area contributed by atoms with Crippen molar-refractivity contribution in [3.05, 3.63) is 23.8 Å². The Bertz CT molecular complexity index is 499. The van der Waals surface area contributed by atoms with Crippen molar-refractivity contribution in [2.45, 2.75) is 19.4 Å². The highest BCUT2D eigenvalue weighted by Gasteiger charge is 2.28. The van der Waals surface area contributed by atoms with Crippen LogP contribution in [0.3, 0.4) is 0 Å². The lowest BCUT2D eigenvalue weighted by Gasteiger charge is -2.14. The molecular formula is C13H17N3O2. The lowest BCUT2D eigenvalue weighted by Crippen LogP contribution is -2.30. The first-order chi connectivity index (χ1) is 8.49. The second-order valence-corrected chi connectivity index (χ2v) is 4.60. The van der Waals surface area contributed by atoms with E-state index in [0.29, 0.717) is 11.3 Å². The number of amides is 1. The number of nitrogens with zero attached hydrogens (tertiary/aromatic N) is 1. The van der Waals surface area contributed by atoms with Gasteiger partial charge >= 0.3 is 0 Å². The Morgan fingerprint density at radius 3 is 2.72 bits per heavy atom. The number of rotatable bonds is 3. The number of hydrogen-bond donors (Lipinski definition) is 2. The van der Waals surface area contributed by atoms with Gasteiger partial charge in [0.25, 0.3) is 0 Å². The van der Waals surface area contributed by atoms with Crippen LogP contribution in [-0.4, -0.2) is 36.2 Å². The molecule has 0 bridgehead atoms. The number of anilines is 2. The molecule has 1 saturated heterocycles. The number of carbonyl (C=O) groups excluding carboxylic acids is 2. The van der Waals surface area contributed by atoms with Crippen LogP contribution < -0.4 is 11.1 Å². The standard InChI is InChI=1S/C13H17N3O2/c1-8(17)10-4-3-9(7-11(10)14)15-12-5-6-16(2)13(12)18/h3-4,7,12,15H,5-6,14H2,1-2H3. The molecule has 96 valence electrons. The summed E-state index contributed by atoms with van der Waals surface area (Å²) in [5.74, 6) is 0.0277. The quantitative estimate of drug-likeness (QED) is 0.620. The molecule has 2 rings (SSSR count). The lowest BCUT2D eigenvalue weighted by molar-refractivity contribution is -0.127. The summed E-state index contributed by atoms with van der Waals surface area (Å²) in [6, 6.07) is 4.96. The molecule has 1 aromatic carbocycles. The summed E-state index contributed by atoms with van der Waals surface area (Å²) in [4.78, 5) is 24.7. The van der Waals surface area contributed by atoms with Gasteiger partial charge in [-0.2, -0.15) is 0 Å². The zero-order valence-electron chi connectivity index (χ0n) is 10.6. The molecule has 0 aromatic heterocycles. The number of ketones is 1. The smallest absolute Gasteiger partial charge is 0.244 e. The van der Waals surface area contributed by atoms with Crippen molar-refractivity contribution in [3.8, 4) is 0 Å². The van der Waals surface area contributed by atoms with Crippen LogP contribution in [0.25, 0.3) is 0 Å². The lowest BCUT2D eigenvalue weighted by atomic mass is 10.1. The maximum atomic E-state index is 11.7. The van der Waals surface area contributed by atoms with E-state index >= 15 is 0 Å². The summed E-state index contributed by atoms with van der Waals surface area (Å²) in [6.45, 7) is 2.24. The molecular weight excluding hydrogens is 230 g/mol. The fourth-order valence-corrected chi connectivity index (χ4v) is 2.13. The fraction of sp³-hybridized carbons (Fsp3) is 0.385. The maximum absolute atomic E-state index is 11.7. The Morgan fingerprint density at radius 2 is 2.22 bits per heavy atom. The molecule has 1 atom stereocenters. The minimum atomic E-state index is -0.197. The summed E-state index contributed by atoms with van der Waals surface area (Å²) < 4.78 is 0. The molecule has 3 N–H and O–H groups in total. The molecule has 0 spiro atoms. The Kier molecular flexibility index (Phi) is 3.23. The molecule has 0 aliphatic carbocycles. The summed E-state index contributed by atoms with van der Waals surface area (Å²) in [6.07, 6.45) is 0.781. The number of nitrogens with two attached hydrogens (primary N) is 1. The number of nitrogens with one attached hydrogen (secondary N) is 1. The monoisotopic (exact) mass is 247 g/mol. The van der Waals surface area contributed by atoms with E-state index in [9.17, 15) is 9.59 Å². The van der Waals surface area contributed by atoms with Gasteiger partial charge in [0.15, 0.2) is 5.78 Å². The van der Waals surface area contributed by atoms with Crippen molar-refractivity contribution < 1.29 is 9.59 Å². The van der Waals surface area contributed by atoms with Crippen molar-refractivity contribution >= 4 is 23.1 Å². The summed E-state index contributed by atoms with van der Waals surface area (Å²) in [5.41, 5.74) is 7.52. The van der Waals surface area contributed by atoms with E-state index in [-0.39, 0.29) is 17.7 Å². The average molecular weight is 247 g/mol. The topological polar surface area (TPSA) is 75.4 Å². The van der Waals surface area contributed by atoms with Gasteiger partial charge in [0.2, 0.25) is 5.91 Å². The SMILES string of the molecule is CC(=O)c1ccc(NC2CCN(C)C2=O)cc1N. The number of Topliss-reactive ketones (excluding diaryl/α,β-unsaturated/α-hetero) is 1. The molecule has 1 heterocycles. The first-order valence-corrected chi connectivity index (χ1v) is 5.91. The normalized spacial score (nSPS) is 19.1. The molecule has 0 saturated carbocycles. The van der Waals surface area contributed by atoms with Crippen LogP contribution in [-0.2, 0) is 4.79 Å². The van der Waals surface area contributed by atoms with Gasteiger partial charge in [-0.15, -0.1) is 0 Å². The minimum absolute atomic E-state index is 0.0595. The van der Waals surface area contributed by atoms with Crippen LogP contribution in [0.2, 0.25) is 0 Å². The molecule has 1 unspecified atom stereocenters. The number of nitrogen functional groups attached to an aromatic ring is 1. The molecule has 5 heteroatoms. The first-order valence-electron chi connectivity index (χ1n) is 5.91. The van der Waals surface area contributed by atoms with Crippen LogP contribution in [0.5, 0.6) is 0 Å². The highest BCUT2D eigenvalue weighted by molar-refractivity contribution is 5.99. The molecule has 0 radical (unpaired) electrons. The number of hydrogen-bond acceptors (Lipinski definition) is 4. The Labute approximate surface area is 106 Å². The molecule has 1 amide bonds.